The summed E-state index contributed by atoms with van der Waals surface area (Å²) >= 11 is 0. The summed E-state index contributed by atoms with van der Waals surface area (Å²) in [6.07, 6.45) is 0.913. The number of aryl methyl sites for hydroxylation is 1. The van der Waals surface area contributed by atoms with Crippen LogP contribution >= 0.6 is 0 Å². The summed E-state index contributed by atoms with van der Waals surface area (Å²) in [5.41, 5.74) is 2.81. The highest BCUT2D eigenvalue weighted by atomic mass is 16.4. The van der Waals surface area contributed by atoms with E-state index in [1.54, 1.807) is 12.1 Å². The smallest absolute Gasteiger partial charge is 0.409 e. The molecule has 0 heterocycles. The molecule has 0 saturated heterocycles. The monoisotopic (exact) mass is 207 g/mol. The first-order valence-electron chi connectivity index (χ1n) is 4.95. The number of anilines is 1. The predicted octanol–water partition coefficient (Wildman–Crippen LogP) is 1.63. The average Bonchev–Trinajstić information content (AvgIpc) is 2.16. The van der Waals surface area contributed by atoms with Crippen molar-refractivity contribution in [1.82, 2.24) is 0 Å². The van der Waals surface area contributed by atoms with E-state index >= 15 is 0 Å². The van der Waals surface area contributed by atoms with Crippen molar-refractivity contribution in [3.05, 3.63) is 29.3 Å². The van der Waals surface area contributed by atoms with Gasteiger partial charge in [0.25, 0.3) is 0 Å². The van der Waals surface area contributed by atoms with Gasteiger partial charge in [-0.3, -0.25) is 5.32 Å². The normalized spacial score (nSPS) is 19.4. The van der Waals surface area contributed by atoms with Gasteiger partial charge >= 0.3 is 6.09 Å². The van der Waals surface area contributed by atoms with Crippen LogP contribution in [0.4, 0.5) is 10.5 Å². The van der Waals surface area contributed by atoms with E-state index in [4.69, 9.17) is 5.11 Å². The molecule has 1 aliphatic rings. The Morgan fingerprint density at radius 2 is 2.20 bits per heavy atom. The number of benzene rings is 1. The van der Waals surface area contributed by atoms with Crippen molar-refractivity contribution in [2.24, 2.45) is 0 Å². The second-order valence-electron chi connectivity index (χ2n) is 3.81. The molecule has 0 bridgehead atoms. The van der Waals surface area contributed by atoms with Crippen molar-refractivity contribution in [2.75, 3.05) is 5.32 Å². The molecule has 3 N–H and O–H groups in total. The SMILES string of the molecule is O=C(O)Nc1ccc2c(c1)CC(O)CC2. The molecule has 1 atom stereocenters. The van der Waals surface area contributed by atoms with Gasteiger partial charge in [0.15, 0.2) is 0 Å². The van der Waals surface area contributed by atoms with Gasteiger partial charge in [0.1, 0.15) is 0 Å². The van der Waals surface area contributed by atoms with Crippen LogP contribution in [-0.2, 0) is 12.8 Å². The quantitative estimate of drug-likeness (QED) is 0.655. The van der Waals surface area contributed by atoms with Crippen molar-refractivity contribution >= 4 is 11.8 Å². The first-order chi connectivity index (χ1) is 7.15. The van der Waals surface area contributed by atoms with Gasteiger partial charge in [-0.25, -0.2) is 4.79 Å². The summed E-state index contributed by atoms with van der Waals surface area (Å²) in [5.74, 6) is 0. The Morgan fingerprint density at radius 3 is 2.93 bits per heavy atom. The van der Waals surface area contributed by atoms with Crippen LogP contribution in [0.15, 0.2) is 18.2 Å². The van der Waals surface area contributed by atoms with Crippen molar-refractivity contribution < 1.29 is 15.0 Å². The first kappa shape index (κ1) is 9.98. The van der Waals surface area contributed by atoms with Gasteiger partial charge in [0.2, 0.25) is 0 Å². The first-order valence-corrected chi connectivity index (χ1v) is 4.95. The number of amides is 1. The van der Waals surface area contributed by atoms with Crippen LogP contribution in [0.1, 0.15) is 17.5 Å². The maximum absolute atomic E-state index is 10.4. The molecule has 1 unspecified atom stereocenters. The molecule has 1 amide bonds. The standard InChI is InChI=1S/C11H13NO3/c13-10-4-2-7-1-3-9(12-11(14)15)5-8(7)6-10/h1,3,5,10,12-13H,2,4,6H2,(H,14,15). The van der Waals surface area contributed by atoms with Gasteiger partial charge < -0.3 is 10.2 Å². The summed E-state index contributed by atoms with van der Waals surface area (Å²) < 4.78 is 0. The average molecular weight is 207 g/mol. The van der Waals surface area contributed by atoms with Crippen LogP contribution in [-0.4, -0.2) is 22.4 Å². The highest BCUT2D eigenvalue weighted by Gasteiger charge is 2.16. The summed E-state index contributed by atoms with van der Waals surface area (Å²) in [6.45, 7) is 0. The lowest BCUT2D eigenvalue weighted by Gasteiger charge is -2.21. The van der Waals surface area contributed by atoms with E-state index in [0.717, 1.165) is 18.4 Å². The molecule has 1 aliphatic carbocycles. The molecule has 1 aromatic rings. The Labute approximate surface area is 87.6 Å². The number of fused-ring (bicyclic) bond motifs is 1. The zero-order valence-corrected chi connectivity index (χ0v) is 8.23. The van der Waals surface area contributed by atoms with Gasteiger partial charge in [0, 0.05) is 5.69 Å². The zero-order valence-electron chi connectivity index (χ0n) is 8.23. The van der Waals surface area contributed by atoms with E-state index in [-0.39, 0.29) is 6.10 Å². The Morgan fingerprint density at radius 1 is 1.40 bits per heavy atom. The third-order valence-electron chi connectivity index (χ3n) is 2.66. The molecule has 1 aromatic carbocycles. The van der Waals surface area contributed by atoms with Crippen molar-refractivity contribution in [2.45, 2.75) is 25.4 Å². The molecule has 0 spiro atoms. The Balaban J connectivity index is 2.24. The highest BCUT2D eigenvalue weighted by Crippen LogP contribution is 2.24. The number of carbonyl (C=O) groups is 1. The highest BCUT2D eigenvalue weighted by molar-refractivity contribution is 5.83. The van der Waals surface area contributed by atoms with E-state index in [1.807, 2.05) is 6.07 Å². The molecule has 4 nitrogen and oxygen atoms in total. The van der Waals surface area contributed by atoms with Crippen molar-refractivity contribution in [1.29, 1.82) is 0 Å². The fourth-order valence-corrected chi connectivity index (χ4v) is 1.94. The van der Waals surface area contributed by atoms with Gasteiger partial charge in [-0.1, -0.05) is 6.07 Å². The predicted molar refractivity (Wildman–Crippen MR) is 56.1 cm³/mol. The zero-order chi connectivity index (χ0) is 10.8. The number of hydrogen-bond acceptors (Lipinski definition) is 2. The minimum Gasteiger partial charge on any atom is -0.465 e. The van der Waals surface area contributed by atoms with E-state index in [9.17, 15) is 9.90 Å². The molecule has 4 heteroatoms. The Hall–Kier alpha value is -1.55. The number of nitrogens with one attached hydrogen (secondary N) is 1. The fraction of sp³-hybridized carbons (Fsp3) is 0.364. The summed E-state index contributed by atoms with van der Waals surface area (Å²) in [5, 5.41) is 20.4. The third kappa shape index (κ3) is 2.27. The lowest BCUT2D eigenvalue weighted by Crippen LogP contribution is -2.19. The summed E-state index contributed by atoms with van der Waals surface area (Å²) in [6, 6.07) is 5.48. The van der Waals surface area contributed by atoms with E-state index in [0.29, 0.717) is 12.1 Å². The fourth-order valence-electron chi connectivity index (χ4n) is 1.94. The number of hydrogen-bond donors (Lipinski definition) is 3. The molecule has 15 heavy (non-hydrogen) atoms. The number of rotatable bonds is 1. The molecule has 80 valence electrons. The number of aliphatic hydroxyl groups is 1. The molecule has 0 aromatic heterocycles. The van der Waals surface area contributed by atoms with Gasteiger partial charge in [-0.2, -0.15) is 0 Å². The van der Waals surface area contributed by atoms with Crippen LogP contribution < -0.4 is 5.32 Å². The molecular formula is C11H13NO3. The number of aliphatic hydroxyl groups excluding tert-OH is 1. The summed E-state index contributed by atoms with van der Waals surface area (Å²) in [4.78, 5) is 10.4. The molecule has 0 radical (unpaired) electrons. The van der Waals surface area contributed by atoms with Crippen molar-refractivity contribution in [3.8, 4) is 0 Å². The summed E-state index contributed by atoms with van der Waals surface area (Å²) in [7, 11) is 0. The molecule has 0 aliphatic heterocycles. The van der Waals surface area contributed by atoms with Crippen LogP contribution in [0.25, 0.3) is 0 Å². The van der Waals surface area contributed by atoms with E-state index in [2.05, 4.69) is 5.32 Å². The largest absolute Gasteiger partial charge is 0.465 e. The van der Waals surface area contributed by atoms with E-state index in [1.165, 1.54) is 5.56 Å². The van der Waals surface area contributed by atoms with Crippen LogP contribution in [0.3, 0.4) is 0 Å². The lowest BCUT2D eigenvalue weighted by atomic mass is 9.89. The minimum atomic E-state index is -1.06. The van der Waals surface area contributed by atoms with Crippen LogP contribution in [0.5, 0.6) is 0 Å². The number of carboxylic acid groups (broad SMARTS) is 1. The maximum Gasteiger partial charge on any atom is 0.409 e. The van der Waals surface area contributed by atoms with Crippen molar-refractivity contribution in [3.63, 3.8) is 0 Å². The Bertz CT molecular complexity index is 389. The third-order valence-corrected chi connectivity index (χ3v) is 2.66. The molecule has 0 saturated carbocycles. The van der Waals surface area contributed by atoms with Crippen LogP contribution in [0.2, 0.25) is 0 Å². The molecule has 0 fully saturated rings. The topological polar surface area (TPSA) is 69.6 Å². The van der Waals surface area contributed by atoms with Gasteiger partial charge in [-0.15, -0.1) is 0 Å². The van der Waals surface area contributed by atoms with Gasteiger partial charge in [-0.05, 0) is 42.5 Å². The van der Waals surface area contributed by atoms with Gasteiger partial charge in [0.05, 0.1) is 6.10 Å². The second-order valence-corrected chi connectivity index (χ2v) is 3.81. The molecular weight excluding hydrogens is 194 g/mol. The molecule has 2 rings (SSSR count). The lowest BCUT2D eigenvalue weighted by molar-refractivity contribution is 0.158. The second kappa shape index (κ2) is 3.90. The van der Waals surface area contributed by atoms with Crippen LogP contribution in [0, 0.1) is 0 Å². The van der Waals surface area contributed by atoms with E-state index < -0.39 is 6.09 Å². The maximum atomic E-state index is 10.4. The Kier molecular flexibility index (Phi) is 2.60. The minimum absolute atomic E-state index is 0.294.